The van der Waals surface area contributed by atoms with E-state index in [0.717, 1.165) is 46.0 Å². The molecule has 7 nitrogen and oxygen atoms in total. The number of aromatic nitrogens is 6. The van der Waals surface area contributed by atoms with Crippen molar-refractivity contribution in [2.75, 3.05) is 6.61 Å². The van der Waals surface area contributed by atoms with Gasteiger partial charge in [-0.15, -0.1) is 10.2 Å². The molecule has 0 unspecified atom stereocenters. The third-order valence-electron chi connectivity index (χ3n) is 5.47. The van der Waals surface area contributed by atoms with Gasteiger partial charge in [-0.1, -0.05) is 0 Å². The number of rotatable bonds is 4. The lowest BCUT2D eigenvalue weighted by Gasteiger charge is -2.10. The van der Waals surface area contributed by atoms with Crippen LogP contribution >= 0.6 is 0 Å². The lowest BCUT2D eigenvalue weighted by molar-refractivity contribution is 0.356. The van der Waals surface area contributed by atoms with E-state index >= 15 is 0 Å². The molecule has 8 heteroatoms. The Kier molecular flexibility index (Phi) is 3.85. The average molecular weight is 378 g/mol. The van der Waals surface area contributed by atoms with Gasteiger partial charge in [0.2, 0.25) is 0 Å². The van der Waals surface area contributed by atoms with E-state index in [2.05, 4.69) is 20.3 Å². The van der Waals surface area contributed by atoms with Crippen LogP contribution in [0.4, 0.5) is 4.39 Å². The van der Waals surface area contributed by atoms with E-state index in [1.807, 2.05) is 29.3 Å². The van der Waals surface area contributed by atoms with Gasteiger partial charge in [0.25, 0.3) is 0 Å². The summed E-state index contributed by atoms with van der Waals surface area (Å²) >= 11 is 0. The fourth-order valence-electron chi connectivity index (χ4n) is 3.83. The first-order chi connectivity index (χ1) is 13.6. The predicted molar refractivity (Wildman–Crippen MR) is 101 cm³/mol. The number of nitrogens with zero attached hydrogens (tertiary/aromatic N) is 6. The average Bonchev–Trinajstić information content (AvgIpc) is 3.42. The van der Waals surface area contributed by atoms with Gasteiger partial charge in [-0.25, -0.2) is 9.37 Å². The Hall–Kier alpha value is -3.29. The molecule has 0 bridgehead atoms. The molecular weight excluding hydrogens is 359 g/mol. The number of halogens is 1. The van der Waals surface area contributed by atoms with E-state index in [1.165, 1.54) is 6.07 Å². The molecule has 0 N–H and O–H groups in total. The van der Waals surface area contributed by atoms with Crippen molar-refractivity contribution in [2.24, 2.45) is 7.05 Å². The van der Waals surface area contributed by atoms with Gasteiger partial charge < -0.3 is 4.74 Å². The van der Waals surface area contributed by atoms with Crippen molar-refractivity contribution in [2.45, 2.75) is 26.2 Å². The Balaban J connectivity index is 1.51. The summed E-state index contributed by atoms with van der Waals surface area (Å²) < 4.78 is 23.7. The number of hydrogen-bond acceptors (Lipinski definition) is 5. The zero-order valence-electron chi connectivity index (χ0n) is 15.7. The molecule has 142 valence electrons. The third kappa shape index (κ3) is 2.56. The first-order valence-corrected chi connectivity index (χ1v) is 9.23. The summed E-state index contributed by atoms with van der Waals surface area (Å²) in [7, 11) is 1.90. The van der Waals surface area contributed by atoms with Crippen molar-refractivity contribution in [1.29, 1.82) is 0 Å². The highest BCUT2D eigenvalue weighted by Crippen LogP contribution is 2.31. The van der Waals surface area contributed by atoms with E-state index in [0.29, 0.717) is 25.0 Å². The Morgan fingerprint density at radius 3 is 2.89 bits per heavy atom. The quantitative estimate of drug-likeness (QED) is 0.546. The molecule has 0 spiro atoms. The largest absolute Gasteiger partial charge is 0.493 e. The maximum atomic E-state index is 14.4. The Labute approximate surface area is 160 Å². The van der Waals surface area contributed by atoms with Gasteiger partial charge in [0.05, 0.1) is 12.8 Å². The van der Waals surface area contributed by atoms with Gasteiger partial charge in [0.15, 0.2) is 5.65 Å². The van der Waals surface area contributed by atoms with E-state index in [-0.39, 0.29) is 5.82 Å². The second-order valence-electron chi connectivity index (χ2n) is 6.98. The first kappa shape index (κ1) is 16.9. The van der Waals surface area contributed by atoms with Crippen LogP contribution in [0.1, 0.15) is 22.6 Å². The zero-order valence-corrected chi connectivity index (χ0v) is 15.7. The fraction of sp³-hybridized carbons (Fsp3) is 0.300. The Morgan fingerprint density at radius 2 is 2.07 bits per heavy atom. The maximum Gasteiger partial charge on any atom is 0.171 e. The van der Waals surface area contributed by atoms with Gasteiger partial charge in [-0.2, -0.15) is 5.10 Å². The topological polar surface area (TPSA) is 70.1 Å². The lowest BCUT2D eigenvalue weighted by atomic mass is 10.00. The standard InChI is InChI=1S/C20H19FN6O/c1-12-15(10-24-26(12)2)16-9-22-19(27-11-23-25-20(16)27)6-3-13-14-7-8-28-18(14)5-4-17(13)21/h4-5,9-11H,3,6-8H2,1-2H3. The van der Waals surface area contributed by atoms with E-state index < -0.39 is 0 Å². The minimum atomic E-state index is -0.188. The maximum absolute atomic E-state index is 14.4. The van der Waals surface area contributed by atoms with Crippen LogP contribution in [-0.2, 0) is 26.3 Å². The van der Waals surface area contributed by atoms with Crippen molar-refractivity contribution >= 4 is 5.65 Å². The molecule has 1 aliphatic rings. The van der Waals surface area contributed by atoms with Crippen LogP contribution in [0.2, 0.25) is 0 Å². The highest BCUT2D eigenvalue weighted by molar-refractivity contribution is 5.77. The summed E-state index contributed by atoms with van der Waals surface area (Å²) in [5.74, 6) is 1.40. The third-order valence-corrected chi connectivity index (χ3v) is 5.47. The van der Waals surface area contributed by atoms with Gasteiger partial charge in [-0.3, -0.25) is 9.08 Å². The number of benzene rings is 1. The monoisotopic (exact) mass is 378 g/mol. The van der Waals surface area contributed by atoms with Gasteiger partial charge in [0.1, 0.15) is 23.7 Å². The first-order valence-electron chi connectivity index (χ1n) is 9.23. The van der Waals surface area contributed by atoms with E-state index in [1.54, 1.807) is 18.6 Å². The molecule has 4 heterocycles. The fourth-order valence-corrected chi connectivity index (χ4v) is 3.83. The van der Waals surface area contributed by atoms with Crippen LogP contribution in [-0.4, -0.2) is 36.0 Å². The van der Waals surface area contributed by atoms with Crippen molar-refractivity contribution in [3.05, 3.63) is 59.3 Å². The molecule has 0 fully saturated rings. The highest BCUT2D eigenvalue weighted by Gasteiger charge is 2.20. The Bertz CT molecular complexity index is 1200. The summed E-state index contributed by atoms with van der Waals surface area (Å²) in [6, 6.07) is 3.19. The Morgan fingerprint density at radius 1 is 1.18 bits per heavy atom. The molecule has 0 saturated carbocycles. The molecule has 4 aromatic rings. The number of fused-ring (bicyclic) bond motifs is 2. The summed E-state index contributed by atoms with van der Waals surface area (Å²) in [4.78, 5) is 4.64. The zero-order chi connectivity index (χ0) is 19.3. The highest BCUT2D eigenvalue weighted by atomic mass is 19.1. The summed E-state index contributed by atoms with van der Waals surface area (Å²) in [5.41, 5.74) is 5.30. The number of ether oxygens (including phenoxy) is 1. The summed E-state index contributed by atoms with van der Waals surface area (Å²) in [6.07, 6.45) is 7.14. The lowest BCUT2D eigenvalue weighted by Crippen LogP contribution is -2.06. The minimum absolute atomic E-state index is 0.188. The van der Waals surface area contributed by atoms with Crippen LogP contribution in [0.25, 0.3) is 16.8 Å². The SMILES string of the molecule is Cc1c(-c2cnc(CCc3c(F)ccc4c3CCO4)n3cnnc23)cnn1C. The van der Waals surface area contributed by atoms with Crippen LogP contribution in [0.5, 0.6) is 5.75 Å². The molecule has 28 heavy (non-hydrogen) atoms. The van der Waals surface area contributed by atoms with Gasteiger partial charge in [0, 0.05) is 48.5 Å². The van der Waals surface area contributed by atoms with Gasteiger partial charge in [-0.05, 0) is 31.0 Å². The molecule has 0 amide bonds. The van der Waals surface area contributed by atoms with Crippen molar-refractivity contribution in [3.63, 3.8) is 0 Å². The van der Waals surface area contributed by atoms with E-state index in [9.17, 15) is 4.39 Å². The van der Waals surface area contributed by atoms with Crippen LogP contribution in [0.15, 0.2) is 30.9 Å². The molecule has 0 saturated heterocycles. The molecule has 0 aliphatic carbocycles. The number of aryl methyl sites for hydroxylation is 2. The summed E-state index contributed by atoms with van der Waals surface area (Å²) in [6.45, 7) is 2.61. The second kappa shape index (κ2) is 6.40. The van der Waals surface area contributed by atoms with Crippen LogP contribution < -0.4 is 4.74 Å². The minimum Gasteiger partial charge on any atom is -0.493 e. The molecule has 5 rings (SSSR count). The van der Waals surface area contributed by atoms with E-state index in [4.69, 9.17) is 4.74 Å². The second-order valence-corrected chi connectivity index (χ2v) is 6.98. The molecule has 0 atom stereocenters. The van der Waals surface area contributed by atoms with Gasteiger partial charge >= 0.3 is 0 Å². The van der Waals surface area contributed by atoms with Crippen LogP contribution in [0.3, 0.4) is 0 Å². The molecule has 1 aliphatic heterocycles. The number of hydrogen-bond donors (Lipinski definition) is 0. The van der Waals surface area contributed by atoms with Crippen molar-refractivity contribution in [3.8, 4) is 16.9 Å². The van der Waals surface area contributed by atoms with Crippen LogP contribution in [0, 0.1) is 12.7 Å². The normalized spacial score (nSPS) is 13.1. The summed E-state index contributed by atoms with van der Waals surface area (Å²) in [5, 5.41) is 12.6. The van der Waals surface area contributed by atoms with Crippen molar-refractivity contribution < 1.29 is 9.13 Å². The molecule has 0 radical (unpaired) electrons. The molecular formula is C20H19FN6O. The molecule has 1 aromatic carbocycles. The smallest absolute Gasteiger partial charge is 0.171 e. The van der Waals surface area contributed by atoms with Crippen molar-refractivity contribution in [1.82, 2.24) is 29.4 Å². The molecule has 3 aromatic heterocycles. The predicted octanol–water partition coefficient (Wildman–Crippen LogP) is 2.69.